The number of benzene rings is 11. The summed E-state index contributed by atoms with van der Waals surface area (Å²) in [6.45, 7) is 0. The molecular weight excluding hydrogens is 907 g/mol. The van der Waals surface area contributed by atoms with Crippen LogP contribution in [0.15, 0.2) is 297 Å². The average Bonchev–Trinajstić information content (AvgIpc) is 4.10. The number of nitrogens with zero attached hydrogens (tertiary/aromatic N) is 3. The molecule has 75 heavy (non-hydrogen) atoms. The van der Waals surface area contributed by atoms with Gasteiger partial charge in [0.2, 0.25) is 0 Å². The summed E-state index contributed by atoms with van der Waals surface area (Å²) >= 11 is 0. The Hall–Kier alpha value is -9.83. The highest BCUT2D eigenvalue weighted by atomic mass is 15.2. The Morgan fingerprint density at radius 1 is 0.320 bits per heavy atom. The highest BCUT2D eigenvalue weighted by molar-refractivity contribution is 6.10. The van der Waals surface area contributed by atoms with E-state index in [9.17, 15) is 0 Å². The number of hydrogen-bond donors (Lipinski definition) is 0. The molecule has 0 radical (unpaired) electrons. The maximum Gasteiger partial charge on any atom is 0.101 e. The first-order valence-corrected chi connectivity index (χ1v) is 25.8. The second-order valence-electron chi connectivity index (χ2n) is 19.5. The molecule has 0 spiro atoms. The molecule has 3 nitrogen and oxygen atoms in total. The predicted octanol–water partition coefficient (Wildman–Crippen LogP) is 18.7. The molecule has 11 aromatic carbocycles. The molecule has 0 saturated heterocycles. The lowest BCUT2D eigenvalue weighted by atomic mass is 9.67. The number of pyridine rings is 1. The summed E-state index contributed by atoms with van der Waals surface area (Å²) in [4.78, 5) is 2.49. The lowest BCUT2D eigenvalue weighted by molar-refractivity contribution is 0.768. The molecule has 0 saturated carbocycles. The summed E-state index contributed by atoms with van der Waals surface area (Å²) in [7, 11) is 0. The summed E-state index contributed by atoms with van der Waals surface area (Å²) in [6.07, 6.45) is 0. The second-order valence-corrected chi connectivity index (χ2v) is 19.5. The van der Waals surface area contributed by atoms with E-state index in [1.165, 1.54) is 33.4 Å². The summed E-state index contributed by atoms with van der Waals surface area (Å²) in [5.41, 5.74) is 22.0. The van der Waals surface area contributed by atoms with E-state index in [2.05, 4.69) is 307 Å². The van der Waals surface area contributed by atoms with Gasteiger partial charge in [0.1, 0.15) is 5.69 Å². The maximum atomic E-state index is 5.60. The van der Waals surface area contributed by atoms with Crippen LogP contribution in [0.25, 0.3) is 83.3 Å². The third-order valence-electron chi connectivity index (χ3n) is 15.2. The fourth-order valence-corrected chi connectivity index (χ4v) is 11.9. The number of anilines is 3. The van der Waals surface area contributed by atoms with Crippen molar-refractivity contribution in [1.29, 1.82) is 0 Å². The fraction of sp³-hybridized carbons (Fsp3) is 0.0139. The SMILES string of the molecule is c1ccc(-c2cc(-c3ccccc3)cc(N(c3ccc4c(c3)C(c3ccccc3)(c3ccccc3)c3ccccc3-4)c3ccc4cc(-c5ccccc5)n5nc(-c6ccccc6)c(-c6ccccc6)c5c4c3)c2)cc1. The number of hydrogen-bond acceptors (Lipinski definition) is 2. The Labute approximate surface area is 437 Å². The smallest absolute Gasteiger partial charge is 0.101 e. The van der Waals surface area contributed by atoms with Crippen LogP contribution in [0, 0.1) is 0 Å². The predicted molar refractivity (Wildman–Crippen MR) is 312 cm³/mol. The molecule has 3 heteroatoms. The van der Waals surface area contributed by atoms with Crippen LogP contribution in [-0.2, 0) is 5.41 Å². The molecule has 0 bridgehead atoms. The Balaban J connectivity index is 1.09. The third-order valence-corrected chi connectivity index (χ3v) is 15.2. The van der Waals surface area contributed by atoms with Gasteiger partial charge in [-0.25, -0.2) is 4.52 Å². The largest absolute Gasteiger partial charge is 0.310 e. The highest BCUT2D eigenvalue weighted by Gasteiger charge is 2.46. The van der Waals surface area contributed by atoms with Crippen molar-refractivity contribution >= 4 is 33.4 Å². The highest BCUT2D eigenvalue weighted by Crippen LogP contribution is 2.57. The molecule has 1 aliphatic rings. The van der Waals surface area contributed by atoms with Crippen LogP contribution in [0.5, 0.6) is 0 Å². The van der Waals surface area contributed by atoms with Gasteiger partial charge in [-0.3, -0.25) is 0 Å². The van der Waals surface area contributed by atoms with Gasteiger partial charge in [0.25, 0.3) is 0 Å². The minimum absolute atomic E-state index is 0.587. The van der Waals surface area contributed by atoms with Crippen molar-refractivity contribution in [3.05, 3.63) is 320 Å². The fourth-order valence-electron chi connectivity index (χ4n) is 11.9. The van der Waals surface area contributed by atoms with Crippen LogP contribution < -0.4 is 4.90 Å². The van der Waals surface area contributed by atoms with Crippen LogP contribution in [0.3, 0.4) is 0 Å². The normalized spacial score (nSPS) is 12.4. The average molecular weight is 956 g/mol. The van der Waals surface area contributed by atoms with Gasteiger partial charge in [0.15, 0.2) is 0 Å². The summed E-state index contributed by atoms with van der Waals surface area (Å²) in [6, 6.07) is 108. The standard InChI is InChI=1S/C72H49N3/c1-8-24-50(25-9-1)56-44-57(51-26-10-2-11-27-51)46-62(45-56)74(61-42-43-64-63-38-22-23-39-66(63)72(67(64)49-61,58-34-18-6-19-35-58)59-36-20-7-21-37-59)60-41-40-55-47-68(52-28-12-3-13-29-52)75-71(65(55)48-60)69(53-30-14-4-15-31-53)70(73-75)54-32-16-5-17-33-54/h1-49H. The van der Waals surface area contributed by atoms with Crippen molar-refractivity contribution in [3.8, 4) is 67.0 Å². The number of fused-ring (bicyclic) bond motifs is 6. The van der Waals surface area contributed by atoms with E-state index in [1.54, 1.807) is 0 Å². The molecule has 1 aliphatic carbocycles. The van der Waals surface area contributed by atoms with E-state index in [1.807, 2.05) is 0 Å². The molecule has 13 aromatic rings. The second kappa shape index (κ2) is 18.3. The van der Waals surface area contributed by atoms with Crippen molar-refractivity contribution in [2.75, 3.05) is 4.90 Å². The van der Waals surface area contributed by atoms with Gasteiger partial charge in [-0.1, -0.05) is 249 Å². The first kappa shape index (κ1) is 43.9. The van der Waals surface area contributed by atoms with Crippen molar-refractivity contribution in [2.45, 2.75) is 5.41 Å². The van der Waals surface area contributed by atoms with E-state index in [0.29, 0.717) is 0 Å². The van der Waals surface area contributed by atoms with Crippen molar-refractivity contribution in [3.63, 3.8) is 0 Å². The van der Waals surface area contributed by atoms with Gasteiger partial charge in [-0.15, -0.1) is 0 Å². The molecule has 0 atom stereocenters. The Bertz CT molecular complexity index is 4100. The monoisotopic (exact) mass is 955 g/mol. The molecule has 14 rings (SSSR count). The van der Waals surface area contributed by atoms with Gasteiger partial charge in [0.05, 0.1) is 16.6 Å². The minimum atomic E-state index is -0.587. The molecule has 0 fully saturated rings. The molecule has 0 aliphatic heterocycles. The van der Waals surface area contributed by atoms with E-state index < -0.39 is 5.41 Å². The Morgan fingerprint density at radius 2 is 0.787 bits per heavy atom. The molecule has 0 N–H and O–H groups in total. The van der Waals surface area contributed by atoms with Gasteiger partial charge < -0.3 is 4.90 Å². The molecular formula is C72H49N3. The summed E-state index contributed by atoms with van der Waals surface area (Å²) in [5.74, 6) is 0. The molecule has 0 amide bonds. The molecule has 352 valence electrons. The zero-order valence-corrected chi connectivity index (χ0v) is 41.1. The first-order chi connectivity index (χ1) is 37.2. The zero-order valence-electron chi connectivity index (χ0n) is 41.1. The summed E-state index contributed by atoms with van der Waals surface area (Å²) < 4.78 is 2.20. The lowest BCUT2D eigenvalue weighted by Crippen LogP contribution is -2.28. The van der Waals surface area contributed by atoms with Crippen LogP contribution >= 0.6 is 0 Å². The maximum absolute atomic E-state index is 5.60. The number of rotatable bonds is 10. The third kappa shape index (κ3) is 7.39. The van der Waals surface area contributed by atoms with Gasteiger partial charge in [-0.2, -0.15) is 5.10 Å². The van der Waals surface area contributed by atoms with Crippen LogP contribution in [0.2, 0.25) is 0 Å². The van der Waals surface area contributed by atoms with Crippen LogP contribution in [0.4, 0.5) is 17.1 Å². The van der Waals surface area contributed by atoms with Crippen molar-refractivity contribution in [1.82, 2.24) is 9.61 Å². The van der Waals surface area contributed by atoms with Crippen LogP contribution in [-0.4, -0.2) is 9.61 Å². The van der Waals surface area contributed by atoms with E-state index in [-0.39, 0.29) is 0 Å². The van der Waals surface area contributed by atoms with Gasteiger partial charge in [0, 0.05) is 39.1 Å². The van der Waals surface area contributed by atoms with Crippen LogP contribution in [0.1, 0.15) is 22.3 Å². The van der Waals surface area contributed by atoms with E-state index in [0.717, 1.165) is 89.2 Å². The quantitative estimate of drug-likeness (QED) is 0.136. The van der Waals surface area contributed by atoms with E-state index in [4.69, 9.17) is 5.10 Å². The topological polar surface area (TPSA) is 20.5 Å². The number of aromatic nitrogens is 2. The molecule has 2 aromatic heterocycles. The Morgan fingerprint density at radius 3 is 1.37 bits per heavy atom. The van der Waals surface area contributed by atoms with Gasteiger partial charge >= 0.3 is 0 Å². The molecule has 2 heterocycles. The lowest BCUT2D eigenvalue weighted by Gasteiger charge is -2.35. The Kier molecular flexibility index (Phi) is 10.7. The van der Waals surface area contributed by atoms with Crippen molar-refractivity contribution in [2.24, 2.45) is 0 Å². The molecule has 0 unspecified atom stereocenters. The van der Waals surface area contributed by atoms with E-state index >= 15 is 0 Å². The van der Waals surface area contributed by atoms with Crippen molar-refractivity contribution < 1.29 is 0 Å². The summed E-state index contributed by atoms with van der Waals surface area (Å²) in [5, 5.41) is 7.83. The zero-order chi connectivity index (χ0) is 49.7. The first-order valence-electron chi connectivity index (χ1n) is 25.8. The van der Waals surface area contributed by atoms with Gasteiger partial charge in [-0.05, 0) is 115 Å². The minimum Gasteiger partial charge on any atom is -0.310 e.